The molecule has 11 rings (SSSR count). The Hall–Kier alpha value is -5.95. The van der Waals surface area contributed by atoms with Crippen LogP contribution in [0.3, 0.4) is 0 Å². The molecule has 8 aromatic carbocycles. The van der Waals surface area contributed by atoms with Gasteiger partial charge >= 0.3 is 0 Å². The van der Waals surface area contributed by atoms with E-state index in [4.69, 9.17) is 4.42 Å². The van der Waals surface area contributed by atoms with Gasteiger partial charge in [-0.2, -0.15) is 0 Å². The van der Waals surface area contributed by atoms with Gasteiger partial charge in [-0.15, -0.1) is 0 Å². The van der Waals surface area contributed by atoms with Crippen molar-refractivity contribution < 1.29 is 4.42 Å². The van der Waals surface area contributed by atoms with Gasteiger partial charge in [0.15, 0.2) is 0 Å². The number of nitrogens with zero attached hydrogens (tertiary/aromatic N) is 1. The Bertz CT molecular complexity index is 3020. The molecule has 0 amide bonds. The summed E-state index contributed by atoms with van der Waals surface area (Å²) in [7, 11) is -4.16. The molecule has 0 saturated heterocycles. The molecule has 0 radical (unpaired) electrons. The van der Waals surface area contributed by atoms with Crippen molar-refractivity contribution in [3.63, 3.8) is 0 Å². The summed E-state index contributed by atoms with van der Waals surface area (Å²) in [5, 5.41) is 10.9. The summed E-state index contributed by atoms with van der Waals surface area (Å²) in [6.45, 7) is 10.1. The average molecular weight is 726 g/mol. The molecule has 2 aliphatic heterocycles. The van der Waals surface area contributed by atoms with E-state index < -0.39 is 16.1 Å². The standard InChI is InChI=1S/C50H39NOSi2/c1-53(2)46-29-28-40-38-19-7-9-24-44(38)52-49(40)48(46)42-27-26-35(31-47(42)53)51(43-23-13-22-41-39-20-8-10-25-45(39)54(3,4)50(41)43)34-17-11-16-33(30-34)37-21-12-15-32-14-5-6-18-36(32)37/h5-31H,1-4H3. The van der Waals surface area contributed by atoms with Crippen molar-refractivity contribution in [3.05, 3.63) is 164 Å². The Morgan fingerprint density at radius 1 is 0.444 bits per heavy atom. The van der Waals surface area contributed by atoms with E-state index in [1.807, 2.05) is 0 Å². The molecule has 3 heterocycles. The van der Waals surface area contributed by atoms with Crippen molar-refractivity contribution in [1.29, 1.82) is 0 Å². The van der Waals surface area contributed by atoms with Crippen LogP contribution in [0.1, 0.15) is 0 Å². The van der Waals surface area contributed by atoms with Crippen molar-refractivity contribution in [2.75, 3.05) is 4.90 Å². The number of benzene rings is 8. The van der Waals surface area contributed by atoms with E-state index >= 15 is 0 Å². The normalized spacial score (nSPS) is 14.6. The Morgan fingerprint density at radius 2 is 1.15 bits per heavy atom. The molecule has 258 valence electrons. The summed E-state index contributed by atoms with van der Waals surface area (Å²) in [6.07, 6.45) is 0. The van der Waals surface area contributed by atoms with Crippen LogP contribution in [-0.2, 0) is 0 Å². The third-order valence-corrected chi connectivity index (χ3v) is 19.5. The van der Waals surface area contributed by atoms with Crippen LogP contribution < -0.4 is 25.6 Å². The highest BCUT2D eigenvalue weighted by Gasteiger charge is 2.42. The molecule has 0 unspecified atom stereocenters. The Kier molecular flexibility index (Phi) is 6.60. The number of furan rings is 1. The van der Waals surface area contributed by atoms with Gasteiger partial charge in [0.25, 0.3) is 0 Å². The molecule has 0 bridgehead atoms. The maximum absolute atomic E-state index is 6.67. The Balaban J connectivity index is 1.15. The van der Waals surface area contributed by atoms with Gasteiger partial charge < -0.3 is 9.32 Å². The maximum atomic E-state index is 6.67. The van der Waals surface area contributed by atoms with Crippen LogP contribution in [0, 0.1) is 0 Å². The lowest BCUT2D eigenvalue weighted by Crippen LogP contribution is -2.51. The monoisotopic (exact) mass is 725 g/mol. The SMILES string of the molecule is C[Si]1(C)c2cc(N(c3cccc(-c4cccc5ccccc45)c3)c3cccc4c3[Si](C)(C)c3ccccc3-4)ccc2-c2c1ccc1c2oc2ccccc21. The maximum Gasteiger partial charge on any atom is 0.143 e. The van der Waals surface area contributed by atoms with Gasteiger partial charge in [0.1, 0.15) is 27.3 Å². The summed E-state index contributed by atoms with van der Waals surface area (Å²) in [5.41, 5.74) is 13.5. The number of fused-ring (bicyclic) bond motifs is 11. The predicted molar refractivity (Wildman–Crippen MR) is 236 cm³/mol. The predicted octanol–water partition coefficient (Wildman–Crippen LogP) is 11.5. The lowest BCUT2D eigenvalue weighted by atomic mass is 9.97. The van der Waals surface area contributed by atoms with E-state index in [1.165, 1.54) is 92.7 Å². The lowest BCUT2D eigenvalue weighted by Gasteiger charge is -2.32. The van der Waals surface area contributed by atoms with Gasteiger partial charge in [0, 0.05) is 33.4 Å². The zero-order chi connectivity index (χ0) is 36.3. The number of anilines is 3. The minimum atomic E-state index is -2.10. The van der Waals surface area contributed by atoms with Gasteiger partial charge in [-0.1, -0.05) is 154 Å². The highest BCUT2D eigenvalue weighted by molar-refractivity contribution is 7.05. The number of para-hydroxylation sites is 1. The largest absolute Gasteiger partial charge is 0.455 e. The molecule has 1 aromatic heterocycles. The highest BCUT2D eigenvalue weighted by atomic mass is 28.3. The topological polar surface area (TPSA) is 16.4 Å². The summed E-state index contributed by atoms with van der Waals surface area (Å²) in [6, 6.07) is 61.1. The first-order chi connectivity index (χ1) is 26.3. The second-order valence-corrected chi connectivity index (χ2v) is 24.7. The van der Waals surface area contributed by atoms with E-state index in [0.29, 0.717) is 0 Å². The molecule has 9 aromatic rings. The van der Waals surface area contributed by atoms with Crippen LogP contribution in [0.5, 0.6) is 0 Å². The van der Waals surface area contributed by atoms with Gasteiger partial charge in [-0.25, -0.2) is 0 Å². The first-order valence-electron chi connectivity index (χ1n) is 19.0. The number of rotatable bonds is 4. The molecule has 0 fully saturated rings. The molecule has 0 saturated carbocycles. The van der Waals surface area contributed by atoms with E-state index in [-0.39, 0.29) is 0 Å². The molecule has 0 N–H and O–H groups in total. The first kappa shape index (κ1) is 31.6. The van der Waals surface area contributed by atoms with Gasteiger partial charge in [0.05, 0.1) is 0 Å². The molecular formula is C50H39NOSi2. The fraction of sp³-hybridized carbons (Fsp3) is 0.0800. The summed E-state index contributed by atoms with van der Waals surface area (Å²) in [4.78, 5) is 2.57. The quantitative estimate of drug-likeness (QED) is 0.168. The van der Waals surface area contributed by atoms with Crippen molar-refractivity contribution in [1.82, 2.24) is 0 Å². The van der Waals surface area contributed by atoms with Crippen LogP contribution >= 0.6 is 0 Å². The molecule has 2 aliphatic rings. The molecule has 4 heteroatoms. The molecular weight excluding hydrogens is 687 g/mol. The van der Waals surface area contributed by atoms with Crippen LogP contribution in [0.25, 0.3) is 66.1 Å². The van der Waals surface area contributed by atoms with Crippen molar-refractivity contribution >= 4 is 86.7 Å². The molecule has 0 atom stereocenters. The minimum absolute atomic E-state index is 0.952. The summed E-state index contributed by atoms with van der Waals surface area (Å²) < 4.78 is 6.67. The smallest absolute Gasteiger partial charge is 0.143 e. The zero-order valence-electron chi connectivity index (χ0n) is 30.9. The lowest BCUT2D eigenvalue weighted by molar-refractivity contribution is 0.670. The molecule has 0 aliphatic carbocycles. The number of hydrogen-bond donors (Lipinski definition) is 0. The molecule has 2 nitrogen and oxygen atoms in total. The molecule has 0 spiro atoms. The highest BCUT2D eigenvalue weighted by Crippen LogP contribution is 2.44. The van der Waals surface area contributed by atoms with Gasteiger partial charge in [-0.05, 0) is 95.7 Å². The zero-order valence-corrected chi connectivity index (χ0v) is 32.9. The van der Waals surface area contributed by atoms with Crippen molar-refractivity contribution in [3.8, 4) is 33.4 Å². The van der Waals surface area contributed by atoms with E-state index in [2.05, 4.69) is 195 Å². The van der Waals surface area contributed by atoms with Gasteiger partial charge in [-0.3, -0.25) is 0 Å². The van der Waals surface area contributed by atoms with Gasteiger partial charge in [0.2, 0.25) is 0 Å². The third kappa shape index (κ3) is 4.32. The summed E-state index contributed by atoms with van der Waals surface area (Å²) >= 11 is 0. The van der Waals surface area contributed by atoms with Crippen molar-refractivity contribution in [2.45, 2.75) is 26.2 Å². The third-order valence-electron chi connectivity index (χ3n) is 12.4. The van der Waals surface area contributed by atoms with Crippen LogP contribution in [-0.4, -0.2) is 16.1 Å². The van der Waals surface area contributed by atoms with Crippen LogP contribution in [0.15, 0.2) is 168 Å². The average Bonchev–Trinajstić information content (AvgIpc) is 3.78. The Labute approximate surface area is 318 Å². The first-order valence-corrected chi connectivity index (χ1v) is 25.0. The van der Waals surface area contributed by atoms with Crippen molar-refractivity contribution in [2.24, 2.45) is 0 Å². The second-order valence-electron chi connectivity index (χ2n) is 16.1. The summed E-state index contributed by atoms with van der Waals surface area (Å²) in [5.74, 6) is 0. The second kappa shape index (κ2) is 11.3. The molecule has 54 heavy (non-hydrogen) atoms. The fourth-order valence-corrected chi connectivity index (χ4v) is 16.3. The van der Waals surface area contributed by atoms with E-state index in [9.17, 15) is 0 Å². The van der Waals surface area contributed by atoms with E-state index in [1.54, 1.807) is 0 Å². The van der Waals surface area contributed by atoms with Crippen LogP contribution in [0.4, 0.5) is 17.1 Å². The van der Waals surface area contributed by atoms with E-state index in [0.717, 1.165) is 11.2 Å². The van der Waals surface area contributed by atoms with Crippen LogP contribution in [0.2, 0.25) is 26.2 Å². The Morgan fingerprint density at radius 3 is 2.06 bits per heavy atom. The minimum Gasteiger partial charge on any atom is -0.455 e. The fourth-order valence-electron chi connectivity index (χ4n) is 9.85. The number of hydrogen-bond acceptors (Lipinski definition) is 2.